The molecule has 0 aliphatic rings. The molecule has 0 saturated carbocycles. The van der Waals surface area contributed by atoms with E-state index in [1.165, 1.54) is 41.5 Å². The number of anilines is 1. The zero-order chi connectivity index (χ0) is 18.7. The van der Waals surface area contributed by atoms with Crippen LogP contribution in [0, 0.1) is 0 Å². The Morgan fingerprint density at radius 2 is 2.00 bits per heavy atom. The fraction of sp³-hybridized carbons (Fsp3) is 0.222. The molecule has 0 unspecified atom stereocenters. The lowest BCUT2D eigenvalue weighted by Crippen LogP contribution is -2.30. The average molecular weight is 378 g/mol. The number of amides is 1. The number of hydrogen-bond donors (Lipinski definition) is 0. The summed E-state index contributed by atoms with van der Waals surface area (Å²) in [5.41, 5.74) is 1.11. The SMILES string of the molecule is CCN(C(=O)c1ccc(OC(F)F)c(OC)c1)c1nc2ccccc2s1. The predicted octanol–water partition coefficient (Wildman–Crippen LogP) is 4.57. The number of benzene rings is 2. The monoisotopic (exact) mass is 378 g/mol. The van der Waals surface area contributed by atoms with Gasteiger partial charge in [-0.25, -0.2) is 4.98 Å². The number of hydrogen-bond acceptors (Lipinski definition) is 5. The summed E-state index contributed by atoms with van der Waals surface area (Å²) in [7, 11) is 1.33. The van der Waals surface area contributed by atoms with E-state index in [9.17, 15) is 13.6 Å². The molecule has 0 bridgehead atoms. The first-order valence-corrected chi connectivity index (χ1v) is 8.65. The molecule has 0 radical (unpaired) electrons. The second kappa shape index (κ2) is 7.65. The number of fused-ring (bicyclic) bond motifs is 1. The Kier molecular flexibility index (Phi) is 5.32. The van der Waals surface area contributed by atoms with Crippen LogP contribution in [0.2, 0.25) is 0 Å². The van der Waals surface area contributed by atoms with Gasteiger partial charge in [0.25, 0.3) is 5.91 Å². The van der Waals surface area contributed by atoms with Crippen molar-refractivity contribution in [3.8, 4) is 11.5 Å². The number of thiazole rings is 1. The van der Waals surface area contributed by atoms with Crippen molar-refractivity contribution in [3.63, 3.8) is 0 Å². The Bertz CT molecular complexity index is 897. The third-order valence-corrected chi connectivity index (χ3v) is 4.76. The zero-order valence-corrected chi connectivity index (χ0v) is 14.9. The molecule has 0 aliphatic carbocycles. The number of alkyl halides is 2. The number of methoxy groups -OCH3 is 1. The predicted molar refractivity (Wildman–Crippen MR) is 96.6 cm³/mol. The van der Waals surface area contributed by atoms with Gasteiger partial charge in [-0.15, -0.1) is 0 Å². The largest absolute Gasteiger partial charge is 0.493 e. The number of halogens is 2. The number of para-hydroxylation sites is 1. The van der Waals surface area contributed by atoms with Crippen molar-refractivity contribution in [2.45, 2.75) is 13.5 Å². The Morgan fingerprint density at radius 1 is 1.23 bits per heavy atom. The fourth-order valence-corrected chi connectivity index (χ4v) is 3.52. The summed E-state index contributed by atoms with van der Waals surface area (Å²) < 4.78 is 35.3. The van der Waals surface area contributed by atoms with Crippen molar-refractivity contribution >= 4 is 32.6 Å². The van der Waals surface area contributed by atoms with Gasteiger partial charge in [0, 0.05) is 12.1 Å². The number of nitrogens with zero attached hydrogens (tertiary/aromatic N) is 2. The van der Waals surface area contributed by atoms with Crippen LogP contribution in [0.1, 0.15) is 17.3 Å². The van der Waals surface area contributed by atoms with E-state index in [1.54, 1.807) is 0 Å². The van der Waals surface area contributed by atoms with Crippen molar-refractivity contribution < 1.29 is 23.0 Å². The molecule has 26 heavy (non-hydrogen) atoms. The first-order chi connectivity index (χ1) is 12.5. The third kappa shape index (κ3) is 3.60. The standard InChI is InChI=1S/C18H16F2N2O3S/c1-3-22(18-21-12-6-4-5-7-15(12)26-18)16(23)11-8-9-13(25-17(19)20)14(10-11)24-2/h4-10,17H,3H2,1-2H3. The maximum Gasteiger partial charge on any atom is 0.387 e. The van der Waals surface area contributed by atoms with Gasteiger partial charge in [-0.3, -0.25) is 9.69 Å². The second-order valence-electron chi connectivity index (χ2n) is 5.26. The highest BCUT2D eigenvalue weighted by molar-refractivity contribution is 7.22. The minimum absolute atomic E-state index is 0.0662. The number of carbonyl (C=O) groups is 1. The molecule has 136 valence electrons. The van der Waals surface area contributed by atoms with Gasteiger partial charge in [0.15, 0.2) is 16.6 Å². The molecule has 0 aliphatic heterocycles. The van der Waals surface area contributed by atoms with E-state index < -0.39 is 6.61 Å². The van der Waals surface area contributed by atoms with Crippen LogP contribution in [0.4, 0.5) is 13.9 Å². The molecular weight excluding hydrogens is 362 g/mol. The smallest absolute Gasteiger partial charge is 0.387 e. The van der Waals surface area contributed by atoms with E-state index in [-0.39, 0.29) is 17.4 Å². The molecule has 1 aromatic heterocycles. The Labute approximate surface area is 152 Å². The molecule has 8 heteroatoms. The summed E-state index contributed by atoms with van der Waals surface area (Å²) in [6.07, 6.45) is 0. The molecule has 2 aromatic carbocycles. The number of rotatable bonds is 6. The molecule has 0 fully saturated rings. The van der Waals surface area contributed by atoms with Gasteiger partial charge in [-0.1, -0.05) is 23.5 Å². The van der Waals surface area contributed by atoms with Gasteiger partial charge < -0.3 is 9.47 Å². The molecule has 0 saturated heterocycles. The summed E-state index contributed by atoms with van der Waals surface area (Å²) in [5, 5.41) is 0.575. The van der Waals surface area contributed by atoms with Crippen LogP contribution in [0.15, 0.2) is 42.5 Å². The van der Waals surface area contributed by atoms with E-state index >= 15 is 0 Å². The van der Waals surface area contributed by atoms with E-state index in [0.29, 0.717) is 17.2 Å². The minimum atomic E-state index is -2.97. The summed E-state index contributed by atoms with van der Waals surface area (Å²) >= 11 is 1.41. The Morgan fingerprint density at radius 3 is 2.65 bits per heavy atom. The van der Waals surface area contributed by atoms with Gasteiger partial charge in [-0.05, 0) is 37.3 Å². The molecule has 3 aromatic rings. The highest BCUT2D eigenvalue weighted by Crippen LogP contribution is 2.32. The van der Waals surface area contributed by atoms with E-state index in [0.717, 1.165) is 10.2 Å². The minimum Gasteiger partial charge on any atom is -0.493 e. The molecule has 0 atom stereocenters. The fourth-order valence-electron chi connectivity index (χ4n) is 2.49. The molecular formula is C18H16F2N2O3S. The number of carbonyl (C=O) groups excluding carboxylic acids is 1. The zero-order valence-electron chi connectivity index (χ0n) is 14.1. The number of aromatic nitrogens is 1. The normalized spacial score (nSPS) is 11.0. The van der Waals surface area contributed by atoms with Crippen molar-refractivity contribution in [2.75, 3.05) is 18.6 Å². The Hall–Kier alpha value is -2.74. The van der Waals surface area contributed by atoms with Crippen LogP contribution in [0.3, 0.4) is 0 Å². The van der Waals surface area contributed by atoms with Gasteiger partial charge >= 0.3 is 6.61 Å². The van der Waals surface area contributed by atoms with Crippen molar-refractivity contribution in [1.29, 1.82) is 0 Å². The highest BCUT2D eigenvalue weighted by atomic mass is 32.1. The second-order valence-corrected chi connectivity index (χ2v) is 6.27. The molecule has 0 N–H and O–H groups in total. The molecule has 3 rings (SSSR count). The van der Waals surface area contributed by atoms with Gasteiger partial charge in [-0.2, -0.15) is 8.78 Å². The lowest BCUT2D eigenvalue weighted by molar-refractivity contribution is -0.0512. The third-order valence-electron chi connectivity index (χ3n) is 3.70. The molecule has 1 amide bonds. The van der Waals surface area contributed by atoms with Crippen LogP contribution >= 0.6 is 11.3 Å². The quantitative estimate of drug-likeness (QED) is 0.630. The Balaban J connectivity index is 1.93. The van der Waals surface area contributed by atoms with Crippen LogP contribution < -0.4 is 14.4 Å². The lowest BCUT2D eigenvalue weighted by atomic mass is 10.1. The van der Waals surface area contributed by atoms with Gasteiger partial charge in [0.2, 0.25) is 0 Å². The van der Waals surface area contributed by atoms with Crippen LogP contribution in [0.5, 0.6) is 11.5 Å². The molecule has 0 spiro atoms. The molecule has 5 nitrogen and oxygen atoms in total. The summed E-state index contributed by atoms with van der Waals surface area (Å²) in [6.45, 7) is -0.716. The summed E-state index contributed by atoms with van der Waals surface area (Å²) in [4.78, 5) is 18.9. The van der Waals surface area contributed by atoms with Crippen molar-refractivity contribution in [1.82, 2.24) is 4.98 Å². The number of ether oxygens (including phenoxy) is 2. The lowest BCUT2D eigenvalue weighted by Gasteiger charge is -2.18. The topological polar surface area (TPSA) is 51.7 Å². The van der Waals surface area contributed by atoms with Crippen LogP contribution in [-0.2, 0) is 0 Å². The van der Waals surface area contributed by atoms with Crippen LogP contribution in [-0.4, -0.2) is 31.2 Å². The van der Waals surface area contributed by atoms with Crippen molar-refractivity contribution in [2.24, 2.45) is 0 Å². The van der Waals surface area contributed by atoms with Gasteiger partial charge in [0.05, 0.1) is 17.3 Å². The molecule has 1 heterocycles. The first kappa shape index (κ1) is 18.1. The van der Waals surface area contributed by atoms with Crippen molar-refractivity contribution in [3.05, 3.63) is 48.0 Å². The summed E-state index contributed by atoms with van der Waals surface area (Å²) in [6, 6.07) is 11.7. The van der Waals surface area contributed by atoms with Crippen LogP contribution in [0.25, 0.3) is 10.2 Å². The maximum atomic E-state index is 12.9. The van der Waals surface area contributed by atoms with E-state index in [4.69, 9.17) is 4.74 Å². The highest BCUT2D eigenvalue weighted by Gasteiger charge is 2.21. The average Bonchev–Trinajstić information content (AvgIpc) is 3.05. The van der Waals surface area contributed by atoms with E-state index in [2.05, 4.69) is 9.72 Å². The van der Waals surface area contributed by atoms with E-state index in [1.807, 2.05) is 31.2 Å². The maximum absolute atomic E-state index is 12.9. The summed E-state index contributed by atoms with van der Waals surface area (Å²) in [5.74, 6) is -0.355. The first-order valence-electron chi connectivity index (χ1n) is 7.83. The van der Waals surface area contributed by atoms with Gasteiger partial charge in [0.1, 0.15) is 0 Å².